The molecule has 2 rings (SSSR count). The van der Waals surface area contributed by atoms with Gasteiger partial charge in [0.2, 0.25) is 0 Å². The third-order valence-corrected chi connectivity index (χ3v) is 6.01. The van der Waals surface area contributed by atoms with Gasteiger partial charge in [0.1, 0.15) is 0 Å². The van der Waals surface area contributed by atoms with Crippen LogP contribution in [0, 0.1) is 11.8 Å². The van der Waals surface area contributed by atoms with Crippen LogP contribution in [0.5, 0.6) is 0 Å². The van der Waals surface area contributed by atoms with Gasteiger partial charge in [-0.3, -0.25) is 0 Å². The molecule has 1 N–H and O–H groups in total. The molecule has 2 atom stereocenters. The highest BCUT2D eigenvalue weighted by atomic mass is 32.2. The van der Waals surface area contributed by atoms with Crippen LogP contribution in [0.25, 0.3) is 0 Å². The SMILES string of the molecule is CCNC(CCC(C)C)C1CCOC2(CCSCC2)C1. The number of hydrogen-bond acceptors (Lipinski definition) is 3. The Morgan fingerprint density at radius 3 is 2.65 bits per heavy atom. The van der Waals surface area contributed by atoms with E-state index in [4.69, 9.17) is 4.74 Å². The van der Waals surface area contributed by atoms with Gasteiger partial charge < -0.3 is 10.1 Å². The zero-order valence-electron chi connectivity index (χ0n) is 13.6. The van der Waals surface area contributed by atoms with Crippen LogP contribution in [-0.2, 0) is 4.74 Å². The van der Waals surface area contributed by atoms with Crippen molar-refractivity contribution >= 4 is 11.8 Å². The van der Waals surface area contributed by atoms with Crippen molar-refractivity contribution in [2.75, 3.05) is 24.7 Å². The molecule has 2 heterocycles. The standard InChI is InChI=1S/C17H33NOS/c1-4-18-16(6-5-14(2)3)15-7-10-19-17(13-15)8-11-20-12-9-17/h14-16,18H,4-13H2,1-3H3. The summed E-state index contributed by atoms with van der Waals surface area (Å²) in [5, 5.41) is 3.77. The van der Waals surface area contributed by atoms with E-state index in [2.05, 4.69) is 37.8 Å². The third-order valence-electron chi connectivity index (χ3n) is 5.03. The maximum Gasteiger partial charge on any atom is 0.0701 e. The Kier molecular flexibility index (Phi) is 6.70. The molecule has 2 unspecified atom stereocenters. The molecule has 0 aromatic carbocycles. The minimum Gasteiger partial charge on any atom is -0.375 e. The van der Waals surface area contributed by atoms with Gasteiger partial charge in [-0.1, -0.05) is 20.8 Å². The zero-order chi connectivity index (χ0) is 14.4. The van der Waals surface area contributed by atoms with Crippen LogP contribution in [0.2, 0.25) is 0 Å². The Morgan fingerprint density at radius 2 is 2.00 bits per heavy atom. The van der Waals surface area contributed by atoms with Crippen LogP contribution in [0.3, 0.4) is 0 Å². The summed E-state index contributed by atoms with van der Waals surface area (Å²) in [5.74, 6) is 4.23. The second-order valence-electron chi connectivity index (χ2n) is 7.03. The molecule has 0 aromatic rings. The molecule has 0 amide bonds. The van der Waals surface area contributed by atoms with Crippen molar-refractivity contribution in [1.29, 1.82) is 0 Å². The quantitative estimate of drug-likeness (QED) is 0.798. The van der Waals surface area contributed by atoms with Crippen LogP contribution in [0.15, 0.2) is 0 Å². The molecule has 0 saturated carbocycles. The highest BCUT2D eigenvalue weighted by Crippen LogP contribution is 2.41. The summed E-state index contributed by atoms with van der Waals surface area (Å²) in [7, 11) is 0. The lowest BCUT2D eigenvalue weighted by Gasteiger charge is -2.45. The lowest BCUT2D eigenvalue weighted by molar-refractivity contribution is -0.107. The molecule has 2 saturated heterocycles. The summed E-state index contributed by atoms with van der Waals surface area (Å²) in [6, 6.07) is 0.706. The van der Waals surface area contributed by atoms with Crippen LogP contribution >= 0.6 is 11.8 Å². The van der Waals surface area contributed by atoms with Crippen molar-refractivity contribution < 1.29 is 4.74 Å². The van der Waals surface area contributed by atoms with Gasteiger partial charge in [0.05, 0.1) is 5.60 Å². The molecule has 20 heavy (non-hydrogen) atoms. The smallest absolute Gasteiger partial charge is 0.0701 e. The predicted molar refractivity (Wildman–Crippen MR) is 89.5 cm³/mol. The molecule has 0 aliphatic carbocycles. The summed E-state index contributed by atoms with van der Waals surface area (Å²) in [6.07, 6.45) is 7.78. The first-order chi connectivity index (χ1) is 9.65. The Labute approximate surface area is 129 Å². The maximum absolute atomic E-state index is 6.25. The lowest BCUT2D eigenvalue weighted by atomic mass is 9.77. The van der Waals surface area contributed by atoms with Crippen LogP contribution < -0.4 is 5.32 Å². The summed E-state index contributed by atoms with van der Waals surface area (Å²) >= 11 is 2.10. The van der Waals surface area contributed by atoms with E-state index in [1.54, 1.807) is 0 Å². The summed E-state index contributed by atoms with van der Waals surface area (Å²) in [6.45, 7) is 9.01. The second kappa shape index (κ2) is 8.05. The van der Waals surface area contributed by atoms with Crippen LogP contribution in [0.4, 0.5) is 0 Å². The lowest BCUT2D eigenvalue weighted by Crippen LogP contribution is -2.48. The maximum atomic E-state index is 6.25. The molecule has 0 bridgehead atoms. The number of thioether (sulfide) groups is 1. The summed E-state index contributed by atoms with van der Waals surface area (Å²) in [5.41, 5.74) is 0.236. The first-order valence-corrected chi connectivity index (χ1v) is 9.76. The number of rotatable bonds is 6. The predicted octanol–water partition coefficient (Wildman–Crippen LogP) is 4.09. The van der Waals surface area contributed by atoms with Crippen molar-refractivity contribution in [3.63, 3.8) is 0 Å². The fourth-order valence-corrected chi connectivity index (χ4v) is 5.02. The van der Waals surface area contributed by atoms with Gasteiger partial charge in [-0.25, -0.2) is 0 Å². The first-order valence-electron chi connectivity index (χ1n) is 8.60. The van der Waals surface area contributed by atoms with Gasteiger partial charge in [0.15, 0.2) is 0 Å². The normalized spacial score (nSPS) is 27.9. The second-order valence-corrected chi connectivity index (χ2v) is 8.26. The molecule has 0 aromatic heterocycles. The van der Waals surface area contributed by atoms with Gasteiger partial charge in [-0.2, -0.15) is 11.8 Å². The van der Waals surface area contributed by atoms with Crippen molar-refractivity contribution in [2.24, 2.45) is 11.8 Å². The van der Waals surface area contributed by atoms with Gasteiger partial charge in [-0.05, 0) is 68.4 Å². The Balaban J connectivity index is 1.93. The number of hydrogen-bond donors (Lipinski definition) is 1. The van der Waals surface area contributed by atoms with Gasteiger partial charge >= 0.3 is 0 Å². The van der Waals surface area contributed by atoms with E-state index in [0.29, 0.717) is 6.04 Å². The van der Waals surface area contributed by atoms with Crippen molar-refractivity contribution in [2.45, 2.75) is 70.9 Å². The van der Waals surface area contributed by atoms with Crippen LogP contribution in [-0.4, -0.2) is 36.3 Å². The highest BCUT2D eigenvalue weighted by molar-refractivity contribution is 7.99. The van der Waals surface area contributed by atoms with Crippen molar-refractivity contribution in [1.82, 2.24) is 5.32 Å². The van der Waals surface area contributed by atoms with Crippen molar-refractivity contribution in [3.8, 4) is 0 Å². The molecule has 2 nitrogen and oxygen atoms in total. The van der Waals surface area contributed by atoms with Gasteiger partial charge in [0, 0.05) is 12.6 Å². The molecule has 2 aliphatic heterocycles. The topological polar surface area (TPSA) is 21.3 Å². The number of ether oxygens (including phenoxy) is 1. The summed E-state index contributed by atoms with van der Waals surface area (Å²) in [4.78, 5) is 0. The van der Waals surface area contributed by atoms with E-state index in [1.165, 1.54) is 50.0 Å². The largest absolute Gasteiger partial charge is 0.375 e. The van der Waals surface area contributed by atoms with E-state index < -0.39 is 0 Å². The van der Waals surface area contributed by atoms with Crippen LogP contribution in [0.1, 0.15) is 59.3 Å². The fraction of sp³-hybridized carbons (Fsp3) is 1.00. The molecule has 118 valence electrons. The average molecular weight is 300 g/mol. The minimum absolute atomic E-state index is 0.236. The molecule has 0 radical (unpaired) electrons. The molecule has 3 heteroatoms. The minimum atomic E-state index is 0.236. The van der Waals surface area contributed by atoms with E-state index in [9.17, 15) is 0 Å². The zero-order valence-corrected chi connectivity index (χ0v) is 14.4. The van der Waals surface area contributed by atoms with E-state index in [-0.39, 0.29) is 5.60 Å². The summed E-state index contributed by atoms with van der Waals surface area (Å²) < 4.78 is 6.25. The van der Waals surface area contributed by atoms with Gasteiger partial charge in [-0.15, -0.1) is 0 Å². The third kappa shape index (κ3) is 4.64. The average Bonchev–Trinajstić information content (AvgIpc) is 2.44. The molecule has 2 aliphatic rings. The highest BCUT2D eigenvalue weighted by Gasteiger charge is 2.40. The monoisotopic (exact) mass is 299 g/mol. The number of nitrogens with one attached hydrogen (secondary N) is 1. The Bertz CT molecular complexity index is 271. The van der Waals surface area contributed by atoms with Crippen molar-refractivity contribution in [3.05, 3.63) is 0 Å². The van der Waals surface area contributed by atoms with E-state index in [0.717, 1.165) is 25.0 Å². The van der Waals surface area contributed by atoms with Gasteiger partial charge in [0.25, 0.3) is 0 Å². The van der Waals surface area contributed by atoms with E-state index >= 15 is 0 Å². The first kappa shape index (κ1) is 16.6. The molecular formula is C17H33NOS. The Hall–Kier alpha value is 0.270. The molecule has 1 spiro atoms. The molecular weight excluding hydrogens is 266 g/mol. The fourth-order valence-electron chi connectivity index (χ4n) is 3.78. The Morgan fingerprint density at radius 1 is 1.25 bits per heavy atom. The molecule has 2 fully saturated rings. The van der Waals surface area contributed by atoms with E-state index in [1.807, 2.05) is 0 Å².